The van der Waals surface area contributed by atoms with Gasteiger partial charge in [0.25, 0.3) is 0 Å². The van der Waals surface area contributed by atoms with Crippen molar-refractivity contribution < 1.29 is 5.11 Å². The fraction of sp³-hybridized carbons (Fsp3) is 0.286. The number of halogens is 1. The van der Waals surface area contributed by atoms with Crippen molar-refractivity contribution in [3.8, 4) is 0 Å². The molecule has 102 valence electrons. The molecule has 2 aromatic rings. The third-order valence-electron chi connectivity index (χ3n) is 2.52. The summed E-state index contributed by atoms with van der Waals surface area (Å²) in [4.78, 5) is 2.46. The van der Waals surface area contributed by atoms with Crippen molar-refractivity contribution in [3.63, 3.8) is 0 Å². The summed E-state index contributed by atoms with van der Waals surface area (Å²) in [5.41, 5.74) is 1.11. The van der Waals surface area contributed by atoms with E-state index in [0.29, 0.717) is 0 Å². The van der Waals surface area contributed by atoms with Gasteiger partial charge in [0.1, 0.15) is 0 Å². The van der Waals surface area contributed by atoms with Crippen LogP contribution < -0.4 is 5.32 Å². The molecule has 2 N–H and O–H groups in total. The standard InChI is InChI=1S/C14H16ClNOS2/c15-14-7-6-13(19-14)10-16-11-2-4-12(5-3-11)18-9-1-8-17/h2-7,16-17H,1,8-10H2. The summed E-state index contributed by atoms with van der Waals surface area (Å²) in [6.45, 7) is 1.06. The second-order valence-corrected chi connectivity index (χ2v) is 6.98. The van der Waals surface area contributed by atoms with Crippen molar-refractivity contribution >= 4 is 40.4 Å². The van der Waals surface area contributed by atoms with Crippen LogP contribution in [0.15, 0.2) is 41.3 Å². The highest BCUT2D eigenvalue weighted by atomic mass is 35.5. The van der Waals surface area contributed by atoms with Crippen molar-refractivity contribution in [3.05, 3.63) is 45.6 Å². The first-order valence-corrected chi connectivity index (χ1v) is 8.28. The molecule has 0 saturated heterocycles. The average molecular weight is 314 g/mol. The van der Waals surface area contributed by atoms with E-state index in [4.69, 9.17) is 16.7 Å². The fourth-order valence-corrected chi connectivity index (χ4v) is 3.42. The normalized spacial score (nSPS) is 10.6. The van der Waals surface area contributed by atoms with Gasteiger partial charge in [-0.3, -0.25) is 0 Å². The second-order valence-electron chi connectivity index (χ2n) is 4.01. The molecule has 0 aliphatic carbocycles. The minimum absolute atomic E-state index is 0.260. The summed E-state index contributed by atoms with van der Waals surface area (Å²) in [7, 11) is 0. The maximum absolute atomic E-state index is 8.74. The van der Waals surface area contributed by atoms with Gasteiger partial charge in [0, 0.05) is 34.4 Å². The number of rotatable bonds is 7. The summed E-state index contributed by atoms with van der Waals surface area (Å²) in [6.07, 6.45) is 0.837. The van der Waals surface area contributed by atoms with Crippen LogP contribution in [0.25, 0.3) is 0 Å². The molecule has 0 aliphatic heterocycles. The van der Waals surface area contributed by atoms with Gasteiger partial charge in [-0.1, -0.05) is 11.6 Å². The molecule has 0 amide bonds. The molecular weight excluding hydrogens is 298 g/mol. The fourth-order valence-electron chi connectivity index (χ4n) is 1.56. The molecule has 0 spiro atoms. The Morgan fingerprint density at radius 2 is 1.95 bits per heavy atom. The number of nitrogens with one attached hydrogen (secondary N) is 1. The monoisotopic (exact) mass is 313 g/mol. The van der Waals surface area contributed by atoms with Crippen LogP contribution in [0.1, 0.15) is 11.3 Å². The van der Waals surface area contributed by atoms with Gasteiger partial charge >= 0.3 is 0 Å². The predicted molar refractivity (Wildman–Crippen MR) is 85.5 cm³/mol. The van der Waals surface area contributed by atoms with Gasteiger partial charge in [-0.15, -0.1) is 23.1 Å². The molecule has 0 fully saturated rings. The zero-order valence-corrected chi connectivity index (χ0v) is 12.8. The summed E-state index contributed by atoms with van der Waals surface area (Å²) >= 11 is 9.26. The minimum atomic E-state index is 0.260. The summed E-state index contributed by atoms with van der Waals surface area (Å²) in [6, 6.07) is 12.3. The number of anilines is 1. The summed E-state index contributed by atoms with van der Waals surface area (Å²) < 4.78 is 0.826. The molecule has 0 saturated carbocycles. The van der Waals surface area contributed by atoms with Crippen molar-refractivity contribution in [1.82, 2.24) is 0 Å². The maximum atomic E-state index is 8.74. The lowest BCUT2D eigenvalue weighted by molar-refractivity contribution is 0.296. The smallest absolute Gasteiger partial charge is 0.0931 e. The van der Waals surface area contributed by atoms with Gasteiger partial charge in [-0.2, -0.15) is 0 Å². The number of benzene rings is 1. The zero-order chi connectivity index (χ0) is 13.5. The molecule has 1 aromatic carbocycles. The number of aliphatic hydroxyl groups excluding tert-OH is 1. The Balaban J connectivity index is 1.81. The van der Waals surface area contributed by atoms with Crippen LogP contribution >= 0.6 is 34.7 Å². The van der Waals surface area contributed by atoms with Crippen LogP contribution in [-0.2, 0) is 6.54 Å². The highest BCUT2D eigenvalue weighted by Gasteiger charge is 1.99. The number of thioether (sulfide) groups is 1. The van der Waals surface area contributed by atoms with E-state index in [9.17, 15) is 0 Å². The van der Waals surface area contributed by atoms with E-state index in [2.05, 4.69) is 29.6 Å². The lowest BCUT2D eigenvalue weighted by Gasteiger charge is -2.06. The van der Waals surface area contributed by atoms with E-state index in [-0.39, 0.29) is 6.61 Å². The van der Waals surface area contributed by atoms with Crippen LogP contribution in [0.2, 0.25) is 4.34 Å². The average Bonchev–Trinajstić information content (AvgIpc) is 2.84. The van der Waals surface area contributed by atoms with Crippen molar-refractivity contribution in [2.45, 2.75) is 17.9 Å². The molecular formula is C14H16ClNOS2. The van der Waals surface area contributed by atoms with Gasteiger partial charge in [-0.25, -0.2) is 0 Å². The quantitative estimate of drug-likeness (QED) is 0.583. The van der Waals surface area contributed by atoms with E-state index in [1.54, 1.807) is 23.1 Å². The van der Waals surface area contributed by atoms with E-state index >= 15 is 0 Å². The third-order valence-corrected chi connectivity index (χ3v) is 4.85. The van der Waals surface area contributed by atoms with Crippen LogP contribution in [0.4, 0.5) is 5.69 Å². The Hall–Kier alpha value is -0.680. The first-order valence-electron chi connectivity index (χ1n) is 6.10. The van der Waals surface area contributed by atoms with Crippen LogP contribution in [0.5, 0.6) is 0 Å². The molecule has 0 aliphatic rings. The highest BCUT2D eigenvalue weighted by molar-refractivity contribution is 7.99. The molecule has 1 aromatic heterocycles. The maximum Gasteiger partial charge on any atom is 0.0931 e. The molecule has 2 rings (SSSR count). The van der Waals surface area contributed by atoms with E-state index in [1.807, 2.05) is 12.1 Å². The van der Waals surface area contributed by atoms with Gasteiger partial charge in [0.15, 0.2) is 0 Å². The number of thiophene rings is 1. The van der Waals surface area contributed by atoms with Crippen molar-refractivity contribution in [2.24, 2.45) is 0 Å². The summed E-state index contributed by atoms with van der Waals surface area (Å²) in [5.74, 6) is 0.955. The van der Waals surface area contributed by atoms with Gasteiger partial charge < -0.3 is 10.4 Å². The van der Waals surface area contributed by atoms with Gasteiger partial charge in [0.05, 0.1) is 4.34 Å². The molecule has 19 heavy (non-hydrogen) atoms. The molecule has 0 radical (unpaired) electrons. The lowest BCUT2D eigenvalue weighted by atomic mass is 10.3. The van der Waals surface area contributed by atoms with Crippen LogP contribution in [-0.4, -0.2) is 17.5 Å². The molecule has 0 unspecified atom stereocenters. The largest absolute Gasteiger partial charge is 0.396 e. The molecule has 0 bridgehead atoms. The Labute approximate surface area is 126 Å². The topological polar surface area (TPSA) is 32.3 Å². The van der Waals surface area contributed by atoms with Crippen LogP contribution in [0.3, 0.4) is 0 Å². The van der Waals surface area contributed by atoms with Gasteiger partial charge in [0.2, 0.25) is 0 Å². The van der Waals surface area contributed by atoms with Crippen LogP contribution in [0, 0.1) is 0 Å². The lowest BCUT2D eigenvalue weighted by Crippen LogP contribution is -1.96. The Morgan fingerprint density at radius 1 is 1.16 bits per heavy atom. The molecule has 2 nitrogen and oxygen atoms in total. The molecule has 1 heterocycles. The van der Waals surface area contributed by atoms with Crippen molar-refractivity contribution in [1.29, 1.82) is 0 Å². The minimum Gasteiger partial charge on any atom is -0.396 e. The first kappa shape index (κ1) is 14.7. The van der Waals surface area contributed by atoms with E-state index in [0.717, 1.165) is 28.7 Å². The molecule has 5 heteroatoms. The second kappa shape index (κ2) is 7.80. The van der Waals surface area contributed by atoms with Crippen molar-refractivity contribution in [2.75, 3.05) is 17.7 Å². The Bertz CT molecular complexity index is 498. The first-order chi connectivity index (χ1) is 9.28. The summed E-state index contributed by atoms with van der Waals surface area (Å²) in [5, 5.41) is 12.1. The number of aliphatic hydroxyl groups is 1. The third kappa shape index (κ3) is 5.07. The number of hydrogen-bond donors (Lipinski definition) is 2. The molecule has 0 atom stereocenters. The Kier molecular flexibility index (Phi) is 6.04. The van der Waals surface area contributed by atoms with Gasteiger partial charge in [-0.05, 0) is 42.8 Å². The zero-order valence-electron chi connectivity index (χ0n) is 10.4. The van der Waals surface area contributed by atoms with E-state index in [1.165, 1.54) is 9.77 Å². The predicted octanol–water partition coefficient (Wildman–Crippen LogP) is 4.49. The highest BCUT2D eigenvalue weighted by Crippen LogP contribution is 2.24. The van der Waals surface area contributed by atoms with E-state index < -0.39 is 0 Å². The SMILES string of the molecule is OCCCSc1ccc(NCc2ccc(Cl)s2)cc1. The number of hydrogen-bond acceptors (Lipinski definition) is 4. The Morgan fingerprint density at radius 3 is 2.58 bits per heavy atom.